The van der Waals surface area contributed by atoms with Gasteiger partial charge in [-0.2, -0.15) is 28.5 Å². The molecule has 4 aromatic rings. The van der Waals surface area contributed by atoms with Crippen molar-refractivity contribution >= 4 is 16.9 Å². The second kappa shape index (κ2) is 9.82. The maximum atomic E-state index is 10.7. The van der Waals surface area contributed by atoms with Crippen molar-refractivity contribution in [2.24, 2.45) is 7.05 Å². The molecule has 3 heterocycles. The standard InChI is InChI=1S/C22H21N5O2.C2HF3O2/c1-27-12-15-7-14(9-21(29-2)22(15)26-27)13-3-4-17(20(28)8-13)19-6-5-18(24-25-19)16-10-23-11-16;3-2(4,5)1(6)7/h3-9,12,16,23,28H,10-11H2,1-2H3;(H,6,7). The first-order valence-electron chi connectivity index (χ1n) is 10.8. The molecule has 0 spiro atoms. The molecule has 1 fully saturated rings. The Bertz CT molecular complexity index is 1400. The number of benzene rings is 2. The van der Waals surface area contributed by atoms with E-state index in [1.165, 1.54) is 0 Å². The van der Waals surface area contributed by atoms with Crippen LogP contribution in [0.1, 0.15) is 11.6 Å². The monoisotopic (exact) mass is 501 g/mol. The number of carboxylic acids is 1. The van der Waals surface area contributed by atoms with Gasteiger partial charge in [0, 0.05) is 43.2 Å². The molecule has 0 amide bonds. The van der Waals surface area contributed by atoms with Crippen molar-refractivity contribution in [3.8, 4) is 33.9 Å². The number of rotatable bonds is 4. The van der Waals surface area contributed by atoms with Gasteiger partial charge in [0.25, 0.3) is 0 Å². The lowest BCUT2D eigenvalue weighted by atomic mass is 9.98. The van der Waals surface area contributed by atoms with Crippen molar-refractivity contribution in [1.82, 2.24) is 25.3 Å². The average Bonchev–Trinajstić information content (AvgIpc) is 3.18. The fourth-order valence-corrected chi connectivity index (χ4v) is 3.67. The first kappa shape index (κ1) is 24.9. The van der Waals surface area contributed by atoms with E-state index in [1.807, 2.05) is 49.6 Å². The first-order chi connectivity index (χ1) is 17.1. The minimum absolute atomic E-state index is 0.167. The summed E-state index contributed by atoms with van der Waals surface area (Å²) < 4.78 is 39.0. The smallest absolute Gasteiger partial charge is 0.490 e. The van der Waals surface area contributed by atoms with Crippen LogP contribution < -0.4 is 10.1 Å². The largest absolute Gasteiger partial charge is 0.507 e. The van der Waals surface area contributed by atoms with Crippen LogP contribution in [0, 0.1) is 0 Å². The average molecular weight is 501 g/mol. The van der Waals surface area contributed by atoms with Gasteiger partial charge >= 0.3 is 12.1 Å². The lowest BCUT2D eigenvalue weighted by molar-refractivity contribution is -0.192. The van der Waals surface area contributed by atoms with Crippen LogP contribution in [0.2, 0.25) is 0 Å². The molecule has 5 rings (SSSR count). The number of aryl methyl sites for hydroxylation is 1. The number of aromatic nitrogens is 4. The van der Waals surface area contributed by atoms with Crippen molar-refractivity contribution in [2.75, 3.05) is 20.2 Å². The number of phenolic OH excluding ortho intramolecular Hbond substituents is 1. The molecule has 12 heteroatoms. The Labute approximate surface area is 203 Å². The van der Waals surface area contributed by atoms with Crippen LogP contribution in [0.25, 0.3) is 33.3 Å². The van der Waals surface area contributed by atoms with Gasteiger partial charge in [0.15, 0.2) is 0 Å². The number of phenols is 1. The fraction of sp³-hybridized carbons (Fsp3) is 0.250. The molecule has 9 nitrogen and oxygen atoms in total. The van der Waals surface area contributed by atoms with Gasteiger partial charge in [0.1, 0.15) is 17.0 Å². The van der Waals surface area contributed by atoms with Crippen molar-refractivity contribution < 1.29 is 32.9 Å². The summed E-state index contributed by atoms with van der Waals surface area (Å²) in [5.74, 6) is -1.45. The van der Waals surface area contributed by atoms with Crippen LogP contribution in [0.5, 0.6) is 11.5 Å². The SMILES string of the molecule is COc1cc(-c2ccc(-c3ccc(C4CNC4)nn3)c(O)c2)cc2cn(C)nc12.O=C(O)C(F)(F)F. The van der Waals surface area contributed by atoms with Gasteiger partial charge in [-0.1, -0.05) is 6.07 Å². The van der Waals surface area contributed by atoms with E-state index in [9.17, 15) is 18.3 Å². The van der Waals surface area contributed by atoms with Crippen molar-refractivity contribution in [3.05, 3.63) is 54.4 Å². The minimum Gasteiger partial charge on any atom is -0.507 e. The summed E-state index contributed by atoms with van der Waals surface area (Å²) in [5.41, 5.74) is 4.96. The number of aliphatic carboxylic acids is 1. The Balaban J connectivity index is 0.000000384. The molecule has 1 aliphatic heterocycles. The topological polar surface area (TPSA) is 122 Å². The van der Waals surface area contributed by atoms with Crippen LogP contribution in [-0.4, -0.2) is 62.5 Å². The highest BCUT2D eigenvalue weighted by Gasteiger charge is 2.38. The minimum atomic E-state index is -5.08. The first-order valence-corrected chi connectivity index (χ1v) is 10.8. The lowest BCUT2D eigenvalue weighted by Crippen LogP contribution is -2.40. The number of carboxylic acid groups (broad SMARTS) is 1. The second-order valence-electron chi connectivity index (χ2n) is 8.15. The van der Waals surface area contributed by atoms with Crippen molar-refractivity contribution in [2.45, 2.75) is 12.1 Å². The third-order valence-corrected chi connectivity index (χ3v) is 5.64. The molecule has 188 valence electrons. The molecule has 0 aliphatic carbocycles. The zero-order valence-electron chi connectivity index (χ0n) is 19.2. The summed E-state index contributed by atoms with van der Waals surface area (Å²) in [5, 5.41) is 35.1. The van der Waals surface area contributed by atoms with Gasteiger partial charge in [0.05, 0.1) is 18.5 Å². The summed E-state index contributed by atoms with van der Waals surface area (Å²) >= 11 is 0. The van der Waals surface area contributed by atoms with Gasteiger partial charge in [-0.3, -0.25) is 4.68 Å². The predicted molar refractivity (Wildman–Crippen MR) is 125 cm³/mol. The third-order valence-electron chi connectivity index (χ3n) is 5.64. The van der Waals surface area contributed by atoms with Crippen LogP contribution in [0.3, 0.4) is 0 Å². The molecule has 2 aromatic heterocycles. The van der Waals surface area contributed by atoms with Gasteiger partial charge in [0.2, 0.25) is 0 Å². The van der Waals surface area contributed by atoms with Crippen LogP contribution >= 0.6 is 0 Å². The lowest BCUT2D eigenvalue weighted by Gasteiger charge is -2.25. The summed E-state index contributed by atoms with van der Waals surface area (Å²) in [7, 11) is 3.52. The van der Waals surface area contributed by atoms with Gasteiger partial charge in [-0.25, -0.2) is 4.79 Å². The van der Waals surface area contributed by atoms with E-state index in [2.05, 4.69) is 20.6 Å². The number of alkyl halides is 3. The number of nitrogens with one attached hydrogen (secondary N) is 1. The predicted octanol–water partition coefficient (Wildman–Crippen LogP) is 3.73. The molecule has 0 saturated carbocycles. The third kappa shape index (κ3) is 5.23. The van der Waals surface area contributed by atoms with Gasteiger partial charge in [-0.15, -0.1) is 0 Å². The number of halogens is 3. The maximum absolute atomic E-state index is 10.7. The number of aromatic hydroxyl groups is 1. The number of carbonyl (C=O) groups is 1. The molecular formula is C24H22F3N5O4. The highest BCUT2D eigenvalue weighted by molar-refractivity contribution is 5.90. The highest BCUT2D eigenvalue weighted by Crippen LogP contribution is 2.36. The highest BCUT2D eigenvalue weighted by atomic mass is 19.4. The summed E-state index contributed by atoms with van der Waals surface area (Å²) in [6.07, 6.45) is -3.13. The molecule has 0 bridgehead atoms. The zero-order chi connectivity index (χ0) is 26.0. The quantitative estimate of drug-likeness (QED) is 0.387. The van der Waals surface area contributed by atoms with Crippen LogP contribution in [0.4, 0.5) is 13.2 Å². The normalized spacial score (nSPS) is 13.6. The number of fused-ring (bicyclic) bond motifs is 1. The van der Waals surface area contributed by atoms with Crippen LogP contribution in [0.15, 0.2) is 48.7 Å². The van der Waals surface area contributed by atoms with Gasteiger partial charge in [-0.05, 0) is 47.5 Å². The Morgan fingerprint density at radius 2 is 1.83 bits per heavy atom. The molecule has 2 aromatic carbocycles. The van der Waals surface area contributed by atoms with E-state index < -0.39 is 12.1 Å². The summed E-state index contributed by atoms with van der Waals surface area (Å²) in [6, 6.07) is 13.5. The number of hydrogen-bond acceptors (Lipinski definition) is 7. The molecule has 1 aliphatic rings. The molecule has 0 radical (unpaired) electrons. The van der Waals surface area contributed by atoms with Crippen molar-refractivity contribution in [3.63, 3.8) is 0 Å². The Morgan fingerprint density at radius 1 is 1.11 bits per heavy atom. The molecule has 36 heavy (non-hydrogen) atoms. The fourth-order valence-electron chi connectivity index (χ4n) is 3.67. The number of nitrogens with zero attached hydrogens (tertiary/aromatic N) is 4. The number of ether oxygens (including phenoxy) is 1. The molecular weight excluding hydrogens is 479 g/mol. The van der Waals surface area contributed by atoms with E-state index in [-0.39, 0.29) is 5.75 Å². The Kier molecular flexibility index (Phi) is 6.80. The van der Waals surface area contributed by atoms with E-state index >= 15 is 0 Å². The molecule has 0 unspecified atom stereocenters. The van der Waals surface area contributed by atoms with E-state index in [4.69, 9.17) is 14.6 Å². The van der Waals surface area contributed by atoms with E-state index in [1.54, 1.807) is 17.9 Å². The van der Waals surface area contributed by atoms with E-state index in [0.717, 1.165) is 40.8 Å². The Morgan fingerprint density at radius 3 is 2.36 bits per heavy atom. The summed E-state index contributed by atoms with van der Waals surface area (Å²) in [6.45, 7) is 1.89. The second-order valence-corrected chi connectivity index (χ2v) is 8.15. The van der Waals surface area contributed by atoms with E-state index in [0.29, 0.717) is 22.9 Å². The molecule has 1 saturated heterocycles. The van der Waals surface area contributed by atoms with Crippen LogP contribution in [-0.2, 0) is 11.8 Å². The Hall–Kier alpha value is -4.19. The summed E-state index contributed by atoms with van der Waals surface area (Å²) in [4.78, 5) is 8.90. The molecule has 0 atom stereocenters. The van der Waals surface area contributed by atoms with Crippen molar-refractivity contribution in [1.29, 1.82) is 0 Å². The number of hydrogen-bond donors (Lipinski definition) is 3. The maximum Gasteiger partial charge on any atom is 0.490 e. The zero-order valence-corrected chi connectivity index (χ0v) is 19.2. The molecule has 3 N–H and O–H groups in total. The van der Waals surface area contributed by atoms with Gasteiger partial charge < -0.3 is 20.3 Å². The number of methoxy groups -OCH3 is 1.